The second-order valence-corrected chi connectivity index (χ2v) is 4.82. The molecule has 1 heterocycles. The monoisotopic (exact) mass is 256 g/mol. The minimum absolute atomic E-state index is 0.0401. The Morgan fingerprint density at radius 1 is 1.21 bits per heavy atom. The molecule has 0 spiro atoms. The molecule has 0 aliphatic heterocycles. The van der Waals surface area contributed by atoms with Crippen LogP contribution in [0.15, 0.2) is 30.5 Å². The number of aromatic carboxylic acids is 1. The number of aromatic nitrogens is 2. The normalized spacial score (nSPS) is 10.7. The van der Waals surface area contributed by atoms with Gasteiger partial charge in [-0.15, -0.1) is 0 Å². The summed E-state index contributed by atoms with van der Waals surface area (Å²) in [6.07, 6.45) is 1.39. The van der Waals surface area contributed by atoms with Crippen LogP contribution in [0.5, 0.6) is 0 Å². The summed E-state index contributed by atoms with van der Waals surface area (Å²) < 4.78 is 0. The average Bonchev–Trinajstić information content (AvgIpc) is 2.38. The van der Waals surface area contributed by atoms with Crippen molar-refractivity contribution in [2.75, 3.05) is 0 Å². The SMILES string of the molecule is Cc1ccc(-c2ncc(C(=O)O)c(C(C)C)n2)cc1. The number of rotatable bonds is 3. The van der Waals surface area contributed by atoms with E-state index in [9.17, 15) is 4.79 Å². The molecule has 2 rings (SSSR count). The molecule has 0 aliphatic carbocycles. The van der Waals surface area contributed by atoms with Crippen LogP contribution >= 0.6 is 0 Å². The quantitative estimate of drug-likeness (QED) is 0.915. The Bertz CT molecular complexity index is 604. The molecule has 0 bridgehead atoms. The van der Waals surface area contributed by atoms with E-state index in [1.54, 1.807) is 0 Å². The van der Waals surface area contributed by atoms with Gasteiger partial charge in [0.2, 0.25) is 0 Å². The van der Waals surface area contributed by atoms with E-state index in [1.165, 1.54) is 6.20 Å². The van der Waals surface area contributed by atoms with Crippen molar-refractivity contribution in [1.29, 1.82) is 0 Å². The lowest BCUT2D eigenvalue weighted by atomic mass is 10.0. The van der Waals surface area contributed by atoms with Gasteiger partial charge in [0.1, 0.15) is 0 Å². The summed E-state index contributed by atoms with van der Waals surface area (Å²) in [5.74, 6) is -0.383. The van der Waals surface area contributed by atoms with Gasteiger partial charge in [0, 0.05) is 11.8 Å². The predicted molar refractivity (Wildman–Crippen MR) is 73.3 cm³/mol. The van der Waals surface area contributed by atoms with Crippen molar-refractivity contribution >= 4 is 5.97 Å². The van der Waals surface area contributed by atoms with Crippen LogP contribution in [0.1, 0.15) is 41.4 Å². The van der Waals surface area contributed by atoms with Gasteiger partial charge in [-0.2, -0.15) is 0 Å². The molecule has 2 aromatic rings. The van der Waals surface area contributed by atoms with Gasteiger partial charge in [-0.25, -0.2) is 14.8 Å². The maximum Gasteiger partial charge on any atom is 0.339 e. The summed E-state index contributed by atoms with van der Waals surface area (Å²) in [7, 11) is 0. The third-order valence-corrected chi connectivity index (χ3v) is 2.91. The molecule has 4 nitrogen and oxygen atoms in total. The molecule has 0 atom stereocenters. The fraction of sp³-hybridized carbons (Fsp3) is 0.267. The predicted octanol–water partition coefficient (Wildman–Crippen LogP) is 3.27. The average molecular weight is 256 g/mol. The summed E-state index contributed by atoms with van der Waals surface area (Å²) >= 11 is 0. The van der Waals surface area contributed by atoms with E-state index in [1.807, 2.05) is 45.0 Å². The third-order valence-electron chi connectivity index (χ3n) is 2.91. The second kappa shape index (κ2) is 5.18. The van der Waals surface area contributed by atoms with Crippen LogP contribution < -0.4 is 0 Å². The van der Waals surface area contributed by atoms with Crippen molar-refractivity contribution in [2.24, 2.45) is 0 Å². The number of aryl methyl sites for hydroxylation is 1. The zero-order valence-corrected chi connectivity index (χ0v) is 11.2. The van der Waals surface area contributed by atoms with Gasteiger partial charge in [-0.3, -0.25) is 0 Å². The van der Waals surface area contributed by atoms with Crippen LogP contribution in [0.3, 0.4) is 0 Å². The fourth-order valence-corrected chi connectivity index (χ4v) is 1.84. The molecule has 0 amide bonds. The first-order valence-corrected chi connectivity index (χ1v) is 6.16. The molecule has 1 aromatic carbocycles. The van der Waals surface area contributed by atoms with E-state index in [0.29, 0.717) is 11.5 Å². The minimum Gasteiger partial charge on any atom is -0.478 e. The van der Waals surface area contributed by atoms with Crippen molar-refractivity contribution < 1.29 is 9.90 Å². The molecule has 4 heteroatoms. The summed E-state index contributed by atoms with van der Waals surface area (Å²) in [6, 6.07) is 7.85. The van der Waals surface area contributed by atoms with Gasteiger partial charge in [0.15, 0.2) is 5.82 Å². The highest BCUT2D eigenvalue weighted by Crippen LogP contribution is 2.21. The minimum atomic E-state index is -0.987. The molecule has 98 valence electrons. The van der Waals surface area contributed by atoms with E-state index in [2.05, 4.69) is 9.97 Å². The molecule has 0 saturated carbocycles. The number of carbonyl (C=O) groups is 1. The van der Waals surface area contributed by atoms with Gasteiger partial charge in [-0.1, -0.05) is 43.7 Å². The molecule has 1 aromatic heterocycles. The molecule has 19 heavy (non-hydrogen) atoms. The fourth-order valence-electron chi connectivity index (χ4n) is 1.84. The topological polar surface area (TPSA) is 63.1 Å². The maximum absolute atomic E-state index is 11.1. The lowest BCUT2D eigenvalue weighted by Gasteiger charge is -2.10. The highest BCUT2D eigenvalue weighted by atomic mass is 16.4. The van der Waals surface area contributed by atoms with E-state index in [0.717, 1.165) is 11.1 Å². The summed E-state index contributed by atoms with van der Waals surface area (Å²) in [4.78, 5) is 19.7. The summed E-state index contributed by atoms with van der Waals surface area (Å²) in [5, 5.41) is 9.13. The highest BCUT2D eigenvalue weighted by Gasteiger charge is 2.16. The molecular formula is C15H16N2O2. The number of nitrogens with zero attached hydrogens (tertiary/aromatic N) is 2. The van der Waals surface area contributed by atoms with Gasteiger partial charge in [0.05, 0.1) is 11.3 Å². The molecule has 0 saturated heterocycles. The number of hydrogen-bond acceptors (Lipinski definition) is 3. The molecule has 0 radical (unpaired) electrons. The molecule has 0 unspecified atom stereocenters. The van der Waals surface area contributed by atoms with Crippen LogP contribution in [0.25, 0.3) is 11.4 Å². The Morgan fingerprint density at radius 3 is 2.37 bits per heavy atom. The molecule has 0 fully saturated rings. The van der Waals surface area contributed by atoms with Crippen LogP contribution in [0, 0.1) is 6.92 Å². The third kappa shape index (κ3) is 2.78. The highest BCUT2D eigenvalue weighted by molar-refractivity contribution is 5.88. The van der Waals surface area contributed by atoms with Crippen molar-refractivity contribution in [3.05, 3.63) is 47.3 Å². The van der Waals surface area contributed by atoms with E-state index < -0.39 is 5.97 Å². The number of carboxylic acid groups (broad SMARTS) is 1. The zero-order valence-electron chi connectivity index (χ0n) is 11.2. The Kier molecular flexibility index (Phi) is 3.60. The maximum atomic E-state index is 11.1. The number of hydrogen-bond donors (Lipinski definition) is 1. The van der Waals surface area contributed by atoms with Gasteiger partial charge < -0.3 is 5.11 Å². The van der Waals surface area contributed by atoms with Gasteiger partial charge in [-0.05, 0) is 12.8 Å². The zero-order chi connectivity index (χ0) is 14.0. The van der Waals surface area contributed by atoms with Crippen LogP contribution in [-0.4, -0.2) is 21.0 Å². The van der Waals surface area contributed by atoms with Crippen molar-refractivity contribution in [3.63, 3.8) is 0 Å². The van der Waals surface area contributed by atoms with E-state index in [-0.39, 0.29) is 11.5 Å². The molecule has 0 aliphatic rings. The van der Waals surface area contributed by atoms with Gasteiger partial charge >= 0.3 is 5.97 Å². The first kappa shape index (κ1) is 13.2. The smallest absolute Gasteiger partial charge is 0.339 e. The van der Waals surface area contributed by atoms with Crippen molar-refractivity contribution in [2.45, 2.75) is 26.7 Å². The second-order valence-electron chi connectivity index (χ2n) is 4.82. The Hall–Kier alpha value is -2.23. The number of benzene rings is 1. The lowest BCUT2D eigenvalue weighted by molar-refractivity contribution is 0.0694. The van der Waals surface area contributed by atoms with E-state index in [4.69, 9.17) is 5.11 Å². The Labute approximate surface area is 112 Å². The largest absolute Gasteiger partial charge is 0.478 e. The van der Waals surface area contributed by atoms with E-state index >= 15 is 0 Å². The standard InChI is InChI=1S/C15H16N2O2/c1-9(2)13-12(15(18)19)8-16-14(17-13)11-6-4-10(3)5-7-11/h4-9H,1-3H3,(H,18,19). The Balaban J connectivity index is 2.52. The van der Waals surface area contributed by atoms with Crippen molar-refractivity contribution in [3.8, 4) is 11.4 Å². The van der Waals surface area contributed by atoms with Gasteiger partial charge in [0.25, 0.3) is 0 Å². The van der Waals surface area contributed by atoms with Crippen molar-refractivity contribution in [1.82, 2.24) is 9.97 Å². The molecule has 1 N–H and O–H groups in total. The Morgan fingerprint density at radius 2 is 1.84 bits per heavy atom. The summed E-state index contributed by atoms with van der Waals surface area (Å²) in [5.41, 5.74) is 2.79. The first-order chi connectivity index (χ1) is 8.99. The summed E-state index contributed by atoms with van der Waals surface area (Å²) in [6.45, 7) is 5.86. The van der Waals surface area contributed by atoms with Crippen LogP contribution in [-0.2, 0) is 0 Å². The number of carboxylic acids is 1. The first-order valence-electron chi connectivity index (χ1n) is 6.16. The van der Waals surface area contributed by atoms with Crippen LogP contribution in [0.2, 0.25) is 0 Å². The lowest BCUT2D eigenvalue weighted by Crippen LogP contribution is -2.08. The van der Waals surface area contributed by atoms with Crippen LogP contribution in [0.4, 0.5) is 0 Å². The molecular weight excluding hydrogens is 240 g/mol.